The van der Waals surface area contributed by atoms with Crippen molar-refractivity contribution in [3.8, 4) is 11.5 Å². The van der Waals surface area contributed by atoms with E-state index >= 15 is 0 Å². The van der Waals surface area contributed by atoms with Crippen molar-refractivity contribution in [2.24, 2.45) is 0 Å². The molecule has 0 saturated carbocycles. The van der Waals surface area contributed by atoms with Crippen LogP contribution in [0.3, 0.4) is 0 Å². The van der Waals surface area contributed by atoms with Crippen molar-refractivity contribution >= 4 is 11.0 Å². The predicted molar refractivity (Wildman–Crippen MR) is 71.0 cm³/mol. The lowest BCUT2D eigenvalue weighted by atomic mass is 10.1. The van der Waals surface area contributed by atoms with Crippen molar-refractivity contribution in [1.29, 1.82) is 0 Å². The smallest absolute Gasteiger partial charge is 0.339 e. The SMILES string of the molecule is COCCOc1cc(O)cc2oc(=O)c(C)c(C)c12. The first-order valence-corrected chi connectivity index (χ1v) is 5.93. The van der Waals surface area contributed by atoms with Crippen LogP contribution in [0.15, 0.2) is 21.3 Å². The molecule has 0 fully saturated rings. The molecule has 1 N–H and O–H groups in total. The fraction of sp³-hybridized carbons (Fsp3) is 0.357. The minimum Gasteiger partial charge on any atom is -0.508 e. The maximum Gasteiger partial charge on any atom is 0.339 e. The number of aromatic hydroxyl groups is 1. The number of fused-ring (bicyclic) bond motifs is 1. The van der Waals surface area contributed by atoms with E-state index in [-0.39, 0.29) is 5.75 Å². The van der Waals surface area contributed by atoms with E-state index in [0.29, 0.717) is 35.5 Å². The average molecular weight is 264 g/mol. The van der Waals surface area contributed by atoms with Gasteiger partial charge in [0.1, 0.15) is 23.7 Å². The molecule has 19 heavy (non-hydrogen) atoms. The van der Waals surface area contributed by atoms with Crippen LogP contribution in [-0.2, 0) is 4.74 Å². The first-order valence-electron chi connectivity index (χ1n) is 5.93. The van der Waals surface area contributed by atoms with Crippen LogP contribution in [0.25, 0.3) is 11.0 Å². The van der Waals surface area contributed by atoms with Gasteiger partial charge in [0.25, 0.3) is 0 Å². The first kappa shape index (κ1) is 13.4. The molecule has 1 heterocycles. The van der Waals surface area contributed by atoms with Gasteiger partial charge in [-0.25, -0.2) is 4.79 Å². The number of ether oxygens (including phenoxy) is 2. The van der Waals surface area contributed by atoms with Gasteiger partial charge < -0.3 is 19.0 Å². The quantitative estimate of drug-likeness (QED) is 0.676. The molecule has 0 aliphatic carbocycles. The lowest BCUT2D eigenvalue weighted by molar-refractivity contribution is 0.147. The Kier molecular flexibility index (Phi) is 3.76. The predicted octanol–water partition coefficient (Wildman–Crippen LogP) is 2.14. The summed E-state index contributed by atoms with van der Waals surface area (Å²) >= 11 is 0. The first-order chi connectivity index (χ1) is 9.04. The number of phenolic OH excluding ortho intramolecular Hbond substituents is 1. The second kappa shape index (κ2) is 5.32. The molecule has 0 spiro atoms. The molecule has 2 aromatic rings. The third-order valence-electron chi connectivity index (χ3n) is 3.04. The number of hydrogen-bond acceptors (Lipinski definition) is 5. The second-order valence-electron chi connectivity index (χ2n) is 4.30. The molecule has 5 nitrogen and oxygen atoms in total. The van der Waals surface area contributed by atoms with Gasteiger partial charge in [0.05, 0.1) is 12.0 Å². The molecule has 102 valence electrons. The van der Waals surface area contributed by atoms with Gasteiger partial charge in [-0.05, 0) is 19.4 Å². The molecule has 0 bridgehead atoms. The van der Waals surface area contributed by atoms with E-state index in [1.54, 1.807) is 14.0 Å². The number of phenols is 1. The highest BCUT2D eigenvalue weighted by molar-refractivity contribution is 5.88. The standard InChI is InChI=1S/C14H16O5/c1-8-9(2)14(16)19-12-7-10(15)6-11(13(8)12)18-5-4-17-3/h6-7,15H,4-5H2,1-3H3. The molecule has 1 aromatic heterocycles. The number of methoxy groups -OCH3 is 1. The van der Waals surface area contributed by atoms with Gasteiger partial charge in [0, 0.05) is 24.8 Å². The summed E-state index contributed by atoms with van der Waals surface area (Å²) in [7, 11) is 1.58. The minimum absolute atomic E-state index is 0.00804. The second-order valence-corrected chi connectivity index (χ2v) is 4.30. The Balaban J connectivity index is 2.62. The summed E-state index contributed by atoms with van der Waals surface area (Å²) < 4.78 is 15.7. The largest absolute Gasteiger partial charge is 0.508 e. The van der Waals surface area contributed by atoms with Crippen molar-refractivity contribution in [3.63, 3.8) is 0 Å². The van der Waals surface area contributed by atoms with E-state index in [9.17, 15) is 9.90 Å². The molecule has 0 atom stereocenters. The lowest BCUT2D eigenvalue weighted by Gasteiger charge is -2.12. The number of aryl methyl sites for hydroxylation is 1. The summed E-state index contributed by atoms with van der Waals surface area (Å²) in [6.07, 6.45) is 0. The molecule has 0 unspecified atom stereocenters. The van der Waals surface area contributed by atoms with E-state index in [2.05, 4.69) is 0 Å². The van der Waals surface area contributed by atoms with Crippen LogP contribution in [0.1, 0.15) is 11.1 Å². The fourth-order valence-electron chi connectivity index (χ4n) is 1.89. The van der Waals surface area contributed by atoms with Gasteiger partial charge in [-0.1, -0.05) is 0 Å². The highest BCUT2D eigenvalue weighted by atomic mass is 16.5. The third kappa shape index (κ3) is 2.56. The van der Waals surface area contributed by atoms with Crippen molar-refractivity contribution in [1.82, 2.24) is 0 Å². The Labute approximate surface area is 110 Å². The molecule has 0 aliphatic rings. The summed E-state index contributed by atoms with van der Waals surface area (Å²) in [5.74, 6) is 0.475. The normalized spacial score (nSPS) is 10.9. The van der Waals surface area contributed by atoms with Crippen LogP contribution < -0.4 is 10.4 Å². The Hall–Kier alpha value is -2.01. The molecular weight excluding hydrogens is 248 g/mol. The van der Waals surface area contributed by atoms with Gasteiger partial charge in [-0.3, -0.25) is 0 Å². The lowest BCUT2D eigenvalue weighted by Crippen LogP contribution is -2.08. The molecular formula is C14H16O5. The van der Waals surface area contributed by atoms with Crippen molar-refractivity contribution < 1.29 is 19.0 Å². The Bertz CT molecular complexity index is 657. The van der Waals surface area contributed by atoms with Crippen molar-refractivity contribution in [2.45, 2.75) is 13.8 Å². The summed E-state index contributed by atoms with van der Waals surface area (Å²) in [6, 6.07) is 2.91. The van der Waals surface area contributed by atoms with Crippen LogP contribution >= 0.6 is 0 Å². The van der Waals surface area contributed by atoms with Gasteiger partial charge in [0.2, 0.25) is 0 Å². The topological polar surface area (TPSA) is 68.9 Å². The van der Waals surface area contributed by atoms with E-state index in [4.69, 9.17) is 13.9 Å². The summed E-state index contributed by atoms with van der Waals surface area (Å²) in [4.78, 5) is 11.6. The highest BCUT2D eigenvalue weighted by Gasteiger charge is 2.14. The van der Waals surface area contributed by atoms with Crippen LogP contribution in [0, 0.1) is 13.8 Å². The van der Waals surface area contributed by atoms with Crippen LogP contribution in [0.2, 0.25) is 0 Å². The summed E-state index contributed by atoms with van der Waals surface area (Å²) in [5, 5.41) is 10.3. The maximum absolute atomic E-state index is 11.6. The average Bonchev–Trinajstić information content (AvgIpc) is 2.35. The molecule has 1 aromatic carbocycles. The third-order valence-corrected chi connectivity index (χ3v) is 3.04. The van der Waals surface area contributed by atoms with Gasteiger partial charge >= 0.3 is 5.63 Å². The Morgan fingerprint density at radius 3 is 2.63 bits per heavy atom. The van der Waals surface area contributed by atoms with Gasteiger partial charge in [-0.2, -0.15) is 0 Å². The van der Waals surface area contributed by atoms with Crippen LogP contribution in [0.5, 0.6) is 11.5 Å². The minimum atomic E-state index is -0.404. The maximum atomic E-state index is 11.6. The number of benzene rings is 1. The van der Waals surface area contributed by atoms with E-state index < -0.39 is 5.63 Å². The zero-order chi connectivity index (χ0) is 14.0. The molecule has 2 rings (SSSR count). The molecule has 0 amide bonds. The van der Waals surface area contributed by atoms with E-state index in [0.717, 1.165) is 5.56 Å². The highest BCUT2D eigenvalue weighted by Crippen LogP contribution is 2.33. The molecule has 0 aliphatic heterocycles. The van der Waals surface area contributed by atoms with Crippen molar-refractivity contribution in [3.05, 3.63) is 33.7 Å². The van der Waals surface area contributed by atoms with E-state index in [1.165, 1.54) is 12.1 Å². The summed E-state index contributed by atoms with van der Waals surface area (Å²) in [5.41, 5.74) is 1.24. The number of hydrogen-bond donors (Lipinski definition) is 1. The van der Waals surface area contributed by atoms with E-state index in [1.807, 2.05) is 6.92 Å². The molecule has 0 radical (unpaired) electrons. The zero-order valence-electron chi connectivity index (χ0n) is 11.1. The van der Waals surface area contributed by atoms with Crippen molar-refractivity contribution in [2.75, 3.05) is 20.3 Å². The van der Waals surface area contributed by atoms with Crippen LogP contribution in [-0.4, -0.2) is 25.4 Å². The fourth-order valence-corrected chi connectivity index (χ4v) is 1.89. The molecule has 5 heteroatoms. The Morgan fingerprint density at radius 2 is 1.95 bits per heavy atom. The van der Waals surface area contributed by atoms with Gasteiger partial charge in [-0.15, -0.1) is 0 Å². The van der Waals surface area contributed by atoms with Gasteiger partial charge in [0.15, 0.2) is 0 Å². The zero-order valence-corrected chi connectivity index (χ0v) is 11.1. The van der Waals surface area contributed by atoms with Crippen LogP contribution in [0.4, 0.5) is 0 Å². The monoisotopic (exact) mass is 264 g/mol. The Morgan fingerprint density at radius 1 is 1.21 bits per heavy atom. The summed E-state index contributed by atoms with van der Waals surface area (Å²) in [6.45, 7) is 4.32. The number of rotatable bonds is 4. The molecule has 0 saturated heterocycles.